The fourth-order valence-electron chi connectivity index (χ4n) is 2.12. The molecule has 0 aromatic heterocycles. The lowest BCUT2D eigenvalue weighted by atomic mass is 9.94. The first-order valence-corrected chi connectivity index (χ1v) is 6.18. The third-order valence-corrected chi connectivity index (χ3v) is 3.14. The maximum Gasteiger partial charge on any atom is 0.195 e. The standard InChI is InChI=1S/C16H15NO3/c1-10-7-8-12(9-13(18)19)15(17)14(10)16(20)11-5-3-2-4-6-11/h2-8H,9,17H2,1H3,(H,18,19)/p-1. The number of nitrogens with two attached hydrogens (primary N) is 1. The molecule has 0 spiro atoms. The molecule has 102 valence electrons. The van der Waals surface area contributed by atoms with Crippen molar-refractivity contribution in [2.75, 3.05) is 5.73 Å². The van der Waals surface area contributed by atoms with Crippen molar-refractivity contribution in [2.24, 2.45) is 0 Å². The molecular weight excluding hydrogens is 254 g/mol. The number of aliphatic carboxylic acids is 1. The second kappa shape index (κ2) is 5.57. The van der Waals surface area contributed by atoms with E-state index in [0.29, 0.717) is 16.7 Å². The van der Waals surface area contributed by atoms with Gasteiger partial charge in [0.1, 0.15) is 0 Å². The molecule has 0 atom stereocenters. The van der Waals surface area contributed by atoms with Crippen LogP contribution < -0.4 is 10.8 Å². The number of ketones is 1. The number of hydrogen-bond acceptors (Lipinski definition) is 4. The number of rotatable bonds is 4. The number of anilines is 1. The van der Waals surface area contributed by atoms with E-state index in [1.165, 1.54) is 0 Å². The number of aryl methyl sites for hydroxylation is 1. The first-order valence-electron chi connectivity index (χ1n) is 6.18. The summed E-state index contributed by atoms with van der Waals surface area (Å²) in [6.45, 7) is 1.77. The number of carboxylic acids is 1. The Morgan fingerprint density at radius 2 is 1.75 bits per heavy atom. The highest BCUT2D eigenvalue weighted by molar-refractivity contribution is 6.13. The molecule has 0 radical (unpaired) electrons. The third kappa shape index (κ3) is 2.69. The maximum absolute atomic E-state index is 12.5. The largest absolute Gasteiger partial charge is 0.550 e. The predicted octanol–water partition coefficient (Wildman–Crippen LogP) is 1.10. The summed E-state index contributed by atoms with van der Waals surface area (Å²) < 4.78 is 0. The molecule has 0 aliphatic heterocycles. The quantitative estimate of drug-likeness (QED) is 0.665. The van der Waals surface area contributed by atoms with Crippen molar-refractivity contribution in [1.29, 1.82) is 0 Å². The van der Waals surface area contributed by atoms with Gasteiger partial charge in [0.15, 0.2) is 5.78 Å². The van der Waals surface area contributed by atoms with Gasteiger partial charge in [0, 0.05) is 29.2 Å². The number of nitrogen functional groups attached to an aromatic ring is 1. The summed E-state index contributed by atoms with van der Waals surface area (Å²) in [5.41, 5.74) is 8.17. The summed E-state index contributed by atoms with van der Waals surface area (Å²) in [6, 6.07) is 12.1. The lowest BCUT2D eigenvalue weighted by Gasteiger charge is -2.13. The fraction of sp³-hybridized carbons (Fsp3) is 0.125. The Morgan fingerprint density at radius 1 is 1.10 bits per heavy atom. The Kier molecular flexibility index (Phi) is 3.84. The molecule has 0 fully saturated rings. The molecule has 4 heteroatoms. The maximum atomic E-state index is 12.5. The molecule has 0 bridgehead atoms. The van der Waals surface area contributed by atoms with Crippen LogP contribution in [0.4, 0.5) is 5.69 Å². The lowest BCUT2D eigenvalue weighted by Crippen LogP contribution is -2.25. The van der Waals surface area contributed by atoms with Crippen molar-refractivity contribution in [2.45, 2.75) is 13.3 Å². The Labute approximate surface area is 116 Å². The monoisotopic (exact) mass is 268 g/mol. The van der Waals surface area contributed by atoms with Gasteiger partial charge in [0.2, 0.25) is 0 Å². The van der Waals surface area contributed by atoms with E-state index in [4.69, 9.17) is 5.73 Å². The minimum Gasteiger partial charge on any atom is -0.550 e. The zero-order chi connectivity index (χ0) is 14.7. The van der Waals surface area contributed by atoms with Gasteiger partial charge >= 0.3 is 0 Å². The average Bonchev–Trinajstić information content (AvgIpc) is 2.42. The van der Waals surface area contributed by atoms with E-state index in [1.807, 2.05) is 6.07 Å². The fourth-order valence-corrected chi connectivity index (χ4v) is 2.12. The molecule has 20 heavy (non-hydrogen) atoms. The van der Waals surface area contributed by atoms with E-state index in [2.05, 4.69) is 0 Å². The molecule has 0 saturated carbocycles. The van der Waals surface area contributed by atoms with Crippen LogP contribution in [-0.4, -0.2) is 11.8 Å². The third-order valence-electron chi connectivity index (χ3n) is 3.14. The van der Waals surface area contributed by atoms with Crippen molar-refractivity contribution in [3.63, 3.8) is 0 Å². The molecule has 0 saturated heterocycles. The zero-order valence-electron chi connectivity index (χ0n) is 11.1. The normalized spacial score (nSPS) is 10.2. The lowest BCUT2D eigenvalue weighted by molar-refractivity contribution is -0.304. The van der Waals surface area contributed by atoms with E-state index in [0.717, 1.165) is 5.56 Å². The van der Waals surface area contributed by atoms with Crippen molar-refractivity contribution in [3.8, 4) is 0 Å². The van der Waals surface area contributed by atoms with Crippen LogP contribution in [0.3, 0.4) is 0 Å². The molecule has 0 heterocycles. The second-order valence-electron chi connectivity index (χ2n) is 4.57. The summed E-state index contributed by atoms with van der Waals surface area (Å²) in [5, 5.41) is 10.7. The van der Waals surface area contributed by atoms with Gasteiger partial charge in [0.05, 0.1) is 0 Å². The summed E-state index contributed by atoms with van der Waals surface area (Å²) in [5.74, 6) is -1.43. The molecule has 0 unspecified atom stereocenters. The SMILES string of the molecule is Cc1ccc(CC(=O)[O-])c(N)c1C(=O)c1ccccc1. The second-order valence-corrected chi connectivity index (χ2v) is 4.57. The minimum absolute atomic E-state index is 0.208. The highest BCUT2D eigenvalue weighted by Crippen LogP contribution is 2.25. The van der Waals surface area contributed by atoms with Gasteiger partial charge in [-0.05, 0) is 18.1 Å². The van der Waals surface area contributed by atoms with Gasteiger partial charge in [-0.25, -0.2) is 0 Å². The minimum atomic E-state index is -1.22. The molecule has 2 aromatic carbocycles. The molecule has 0 amide bonds. The highest BCUT2D eigenvalue weighted by atomic mass is 16.4. The number of carbonyl (C=O) groups is 2. The Balaban J connectivity index is 2.51. The average molecular weight is 268 g/mol. The molecule has 2 aromatic rings. The first kappa shape index (κ1) is 13.8. The molecule has 2 rings (SSSR count). The van der Waals surface area contributed by atoms with E-state index < -0.39 is 5.97 Å². The van der Waals surface area contributed by atoms with E-state index in [1.54, 1.807) is 43.3 Å². The van der Waals surface area contributed by atoms with Gasteiger partial charge in [-0.2, -0.15) is 0 Å². The van der Waals surface area contributed by atoms with Crippen molar-refractivity contribution in [1.82, 2.24) is 0 Å². The van der Waals surface area contributed by atoms with E-state index in [-0.39, 0.29) is 17.9 Å². The van der Waals surface area contributed by atoms with Crippen LogP contribution in [0.15, 0.2) is 42.5 Å². The summed E-state index contributed by atoms with van der Waals surface area (Å²) in [6.07, 6.45) is -0.304. The van der Waals surface area contributed by atoms with Crippen LogP contribution in [0.25, 0.3) is 0 Å². The van der Waals surface area contributed by atoms with Gasteiger partial charge in [0.25, 0.3) is 0 Å². The smallest absolute Gasteiger partial charge is 0.195 e. The van der Waals surface area contributed by atoms with Crippen molar-refractivity contribution >= 4 is 17.4 Å². The Hall–Kier alpha value is -2.62. The van der Waals surface area contributed by atoms with Crippen LogP contribution in [0.2, 0.25) is 0 Å². The topological polar surface area (TPSA) is 83.2 Å². The van der Waals surface area contributed by atoms with Crippen LogP contribution in [0.5, 0.6) is 0 Å². The van der Waals surface area contributed by atoms with Crippen LogP contribution in [-0.2, 0) is 11.2 Å². The molecular formula is C16H14NO3-. The summed E-state index contributed by atoms with van der Waals surface area (Å²) >= 11 is 0. The van der Waals surface area contributed by atoms with Gasteiger partial charge in [-0.1, -0.05) is 42.5 Å². The molecule has 4 nitrogen and oxygen atoms in total. The van der Waals surface area contributed by atoms with Gasteiger partial charge < -0.3 is 15.6 Å². The van der Waals surface area contributed by atoms with Crippen molar-refractivity contribution < 1.29 is 14.7 Å². The Bertz CT molecular complexity index is 663. The van der Waals surface area contributed by atoms with Crippen LogP contribution in [0.1, 0.15) is 27.0 Å². The number of carbonyl (C=O) groups excluding carboxylic acids is 2. The molecule has 2 N–H and O–H groups in total. The molecule has 0 aliphatic carbocycles. The zero-order valence-corrected chi connectivity index (χ0v) is 11.1. The molecule has 0 aliphatic rings. The highest BCUT2D eigenvalue weighted by Gasteiger charge is 2.17. The number of hydrogen-bond donors (Lipinski definition) is 1. The predicted molar refractivity (Wildman–Crippen MR) is 74.2 cm³/mol. The van der Waals surface area contributed by atoms with E-state index in [9.17, 15) is 14.7 Å². The van der Waals surface area contributed by atoms with Crippen molar-refractivity contribution in [3.05, 3.63) is 64.7 Å². The van der Waals surface area contributed by atoms with Gasteiger partial charge in [-0.15, -0.1) is 0 Å². The van der Waals surface area contributed by atoms with Crippen LogP contribution >= 0.6 is 0 Å². The number of benzene rings is 2. The first-order chi connectivity index (χ1) is 9.50. The summed E-state index contributed by atoms with van der Waals surface area (Å²) in [4.78, 5) is 23.2. The van der Waals surface area contributed by atoms with Gasteiger partial charge in [-0.3, -0.25) is 4.79 Å². The summed E-state index contributed by atoms with van der Waals surface area (Å²) in [7, 11) is 0. The van der Waals surface area contributed by atoms with Crippen LogP contribution in [0, 0.1) is 6.92 Å². The van der Waals surface area contributed by atoms with E-state index >= 15 is 0 Å². The number of carboxylic acid groups (broad SMARTS) is 1. The Morgan fingerprint density at radius 3 is 2.35 bits per heavy atom.